The van der Waals surface area contributed by atoms with Crippen LogP contribution in [0.3, 0.4) is 0 Å². The van der Waals surface area contributed by atoms with Gasteiger partial charge in [0.1, 0.15) is 0 Å². The Morgan fingerprint density at radius 2 is 2.00 bits per heavy atom. The van der Waals surface area contributed by atoms with Gasteiger partial charge in [-0.25, -0.2) is 0 Å². The van der Waals surface area contributed by atoms with Crippen LogP contribution in [0.1, 0.15) is 19.8 Å². The van der Waals surface area contributed by atoms with Crippen molar-refractivity contribution in [2.75, 3.05) is 25.1 Å². The van der Waals surface area contributed by atoms with Crippen molar-refractivity contribution in [3.05, 3.63) is 5.28 Å². The fraction of sp³-hybridized carbons (Fsp3) is 0.727. The van der Waals surface area contributed by atoms with Crippen LogP contribution in [-0.4, -0.2) is 41.2 Å². The highest BCUT2D eigenvalue weighted by Crippen LogP contribution is 2.23. The molecule has 2 N–H and O–H groups in total. The van der Waals surface area contributed by atoms with Gasteiger partial charge in [0.25, 0.3) is 0 Å². The SMILES string of the molecule is COc1nc(Cl)nc(N2CCC(C(C)N)CC2)n1. The molecule has 1 fully saturated rings. The minimum atomic E-state index is 0.158. The van der Waals surface area contributed by atoms with Crippen molar-refractivity contribution in [2.24, 2.45) is 11.7 Å². The van der Waals surface area contributed by atoms with Crippen LogP contribution in [-0.2, 0) is 0 Å². The van der Waals surface area contributed by atoms with Gasteiger partial charge < -0.3 is 15.4 Å². The average Bonchev–Trinajstić information content (AvgIpc) is 2.38. The number of hydrogen-bond acceptors (Lipinski definition) is 6. The zero-order valence-corrected chi connectivity index (χ0v) is 11.4. The molecule has 1 aromatic heterocycles. The van der Waals surface area contributed by atoms with E-state index in [0.29, 0.717) is 11.9 Å². The third-order valence-electron chi connectivity index (χ3n) is 3.32. The second-order valence-corrected chi connectivity index (χ2v) is 4.91. The Labute approximate surface area is 112 Å². The predicted octanol–water partition coefficient (Wildman–Crippen LogP) is 1.10. The molecule has 1 aliphatic rings. The van der Waals surface area contributed by atoms with Gasteiger partial charge in [0.2, 0.25) is 11.2 Å². The fourth-order valence-electron chi connectivity index (χ4n) is 2.18. The smallest absolute Gasteiger partial charge is 0.322 e. The molecule has 0 amide bonds. The van der Waals surface area contributed by atoms with E-state index in [9.17, 15) is 0 Å². The highest BCUT2D eigenvalue weighted by Gasteiger charge is 2.24. The van der Waals surface area contributed by atoms with Gasteiger partial charge >= 0.3 is 6.01 Å². The summed E-state index contributed by atoms with van der Waals surface area (Å²) in [5.74, 6) is 1.15. The molecule has 2 rings (SSSR count). The fourth-order valence-corrected chi connectivity index (χ4v) is 2.33. The molecule has 0 radical (unpaired) electrons. The number of nitrogens with two attached hydrogens (primary N) is 1. The lowest BCUT2D eigenvalue weighted by atomic mass is 9.91. The summed E-state index contributed by atoms with van der Waals surface area (Å²) in [6.45, 7) is 3.83. The lowest BCUT2D eigenvalue weighted by Gasteiger charge is -2.33. The van der Waals surface area contributed by atoms with Crippen molar-refractivity contribution in [3.63, 3.8) is 0 Å². The molecule has 100 valence electrons. The van der Waals surface area contributed by atoms with Gasteiger partial charge in [-0.3, -0.25) is 0 Å². The average molecular weight is 272 g/mol. The van der Waals surface area contributed by atoms with E-state index in [1.165, 1.54) is 7.11 Å². The largest absolute Gasteiger partial charge is 0.467 e. The number of halogens is 1. The Kier molecular flexibility index (Phi) is 4.19. The molecular weight excluding hydrogens is 254 g/mol. The Bertz CT molecular complexity index is 406. The molecule has 1 atom stereocenters. The lowest BCUT2D eigenvalue weighted by molar-refractivity contribution is 0.348. The van der Waals surface area contributed by atoms with Crippen molar-refractivity contribution in [3.8, 4) is 6.01 Å². The van der Waals surface area contributed by atoms with E-state index in [0.717, 1.165) is 25.9 Å². The van der Waals surface area contributed by atoms with Crippen LogP contribution in [0.4, 0.5) is 5.95 Å². The van der Waals surface area contributed by atoms with Crippen LogP contribution in [0.2, 0.25) is 5.28 Å². The molecule has 0 bridgehead atoms. The standard InChI is InChI=1S/C11H18ClN5O/c1-7(13)8-3-5-17(6-4-8)10-14-9(12)15-11(16-10)18-2/h7-8H,3-6,13H2,1-2H3. The summed E-state index contributed by atoms with van der Waals surface area (Å²) >= 11 is 5.84. The number of rotatable bonds is 3. The Balaban J connectivity index is 2.07. The summed E-state index contributed by atoms with van der Waals surface area (Å²) < 4.78 is 4.99. The summed E-state index contributed by atoms with van der Waals surface area (Å²) in [5.41, 5.74) is 5.92. The summed E-state index contributed by atoms with van der Waals surface area (Å²) in [4.78, 5) is 14.3. The third-order valence-corrected chi connectivity index (χ3v) is 3.49. The van der Waals surface area contributed by atoms with Crippen LogP contribution < -0.4 is 15.4 Å². The number of hydrogen-bond donors (Lipinski definition) is 1. The maximum Gasteiger partial charge on any atom is 0.322 e. The molecule has 0 aromatic carbocycles. The van der Waals surface area contributed by atoms with Crippen molar-refractivity contribution < 1.29 is 4.74 Å². The van der Waals surface area contributed by atoms with Crippen molar-refractivity contribution in [1.82, 2.24) is 15.0 Å². The normalized spacial score (nSPS) is 18.8. The van der Waals surface area contributed by atoms with E-state index in [2.05, 4.69) is 26.8 Å². The molecule has 1 unspecified atom stereocenters. The van der Waals surface area contributed by atoms with Crippen LogP contribution >= 0.6 is 11.6 Å². The molecule has 1 saturated heterocycles. The first kappa shape index (κ1) is 13.3. The number of aromatic nitrogens is 3. The zero-order valence-electron chi connectivity index (χ0n) is 10.6. The number of ether oxygens (including phenoxy) is 1. The van der Waals surface area contributed by atoms with E-state index >= 15 is 0 Å². The maximum atomic E-state index is 5.92. The molecule has 7 heteroatoms. The summed E-state index contributed by atoms with van der Waals surface area (Å²) in [7, 11) is 1.51. The van der Waals surface area contributed by atoms with E-state index in [1.54, 1.807) is 0 Å². The minimum Gasteiger partial charge on any atom is -0.467 e. The molecular formula is C11H18ClN5O. The Morgan fingerprint density at radius 1 is 1.33 bits per heavy atom. The van der Waals surface area contributed by atoms with Gasteiger partial charge in [0.15, 0.2) is 0 Å². The van der Waals surface area contributed by atoms with Crippen LogP contribution in [0.5, 0.6) is 6.01 Å². The van der Waals surface area contributed by atoms with E-state index in [-0.39, 0.29) is 17.3 Å². The van der Waals surface area contributed by atoms with Gasteiger partial charge in [-0.05, 0) is 37.3 Å². The highest BCUT2D eigenvalue weighted by molar-refractivity contribution is 6.28. The van der Waals surface area contributed by atoms with E-state index < -0.39 is 0 Å². The number of anilines is 1. The lowest BCUT2D eigenvalue weighted by Crippen LogP contribution is -2.40. The third kappa shape index (κ3) is 3.00. The molecule has 2 heterocycles. The highest BCUT2D eigenvalue weighted by atomic mass is 35.5. The molecule has 0 saturated carbocycles. The second-order valence-electron chi connectivity index (χ2n) is 4.57. The van der Waals surface area contributed by atoms with Gasteiger partial charge in [0.05, 0.1) is 7.11 Å². The van der Waals surface area contributed by atoms with Gasteiger partial charge in [0, 0.05) is 19.1 Å². The Hall–Kier alpha value is -1.14. The first-order valence-corrected chi connectivity index (χ1v) is 6.44. The van der Waals surface area contributed by atoms with Crippen LogP contribution in [0.15, 0.2) is 0 Å². The van der Waals surface area contributed by atoms with Crippen LogP contribution in [0.25, 0.3) is 0 Å². The Morgan fingerprint density at radius 3 is 2.56 bits per heavy atom. The molecule has 6 nitrogen and oxygen atoms in total. The van der Waals surface area contributed by atoms with Crippen molar-refractivity contribution >= 4 is 17.5 Å². The van der Waals surface area contributed by atoms with Gasteiger partial charge in [-0.1, -0.05) is 0 Å². The predicted molar refractivity (Wildman–Crippen MR) is 70.0 cm³/mol. The van der Waals surface area contributed by atoms with E-state index in [1.807, 2.05) is 0 Å². The topological polar surface area (TPSA) is 77.2 Å². The number of piperidine rings is 1. The van der Waals surface area contributed by atoms with Crippen molar-refractivity contribution in [2.45, 2.75) is 25.8 Å². The monoisotopic (exact) mass is 271 g/mol. The summed E-state index contributed by atoms with van der Waals surface area (Å²) in [6.07, 6.45) is 2.09. The van der Waals surface area contributed by atoms with E-state index in [4.69, 9.17) is 22.1 Å². The summed E-state index contributed by atoms with van der Waals surface area (Å²) in [6, 6.07) is 0.489. The summed E-state index contributed by atoms with van der Waals surface area (Å²) in [5, 5.41) is 0.158. The molecule has 18 heavy (non-hydrogen) atoms. The van der Waals surface area contributed by atoms with Crippen molar-refractivity contribution in [1.29, 1.82) is 0 Å². The second kappa shape index (κ2) is 5.67. The maximum absolute atomic E-state index is 5.92. The minimum absolute atomic E-state index is 0.158. The quantitative estimate of drug-likeness (QED) is 0.887. The first-order chi connectivity index (χ1) is 8.60. The number of nitrogens with zero attached hydrogens (tertiary/aromatic N) is 4. The zero-order chi connectivity index (χ0) is 13.1. The number of methoxy groups -OCH3 is 1. The molecule has 1 aromatic rings. The molecule has 0 spiro atoms. The molecule has 1 aliphatic heterocycles. The first-order valence-electron chi connectivity index (χ1n) is 6.06. The van der Waals surface area contributed by atoms with Gasteiger partial charge in [-0.15, -0.1) is 0 Å². The van der Waals surface area contributed by atoms with Crippen LogP contribution in [0, 0.1) is 5.92 Å². The van der Waals surface area contributed by atoms with Gasteiger partial charge in [-0.2, -0.15) is 15.0 Å². The molecule has 0 aliphatic carbocycles.